The van der Waals surface area contributed by atoms with Crippen LogP contribution >= 0.6 is 0 Å². The number of ether oxygens (including phenoxy) is 1. The Morgan fingerprint density at radius 3 is 2.57 bits per heavy atom. The molecular weight excluding hydrogens is 262 g/mol. The second kappa shape index (κ2) is 5.02. The molecule has 0 bridgehead atoms. The second-order valence-electron chi connectivity index (χ2n) is 6.59. The van der Waals surface area contributed by atoms with Crippen molar-refractivity contribution >= 4 is 5.82 Å². The lowest BCUT2D eigenvalue weighted by Crippen LogP contribution is -2.17. The summed E-state index contributed by atoms with van der Waals surface area (Å²) in [6.45, 7) is 6.17. The van der Waals surface area contributed by atoms with Crippen molar-refractivity contribution in [1.29, 1.82) is 0 Å². The van der Waals surface area contributed by atoms with Crippen molar-refractivity contribution in [2.24, 2.45) is 0 Å². The largest absolute Gasteiger partial charge is 0.439 e. The topological polar surface area (TPSA) is 61.0 Å². The minimum atomic E-state index is -0.161. The fourth-order valence-electron chi connectivity index (χ4n) is 2.56. The van der Waals surface area contributed by atoms with E-state index in [0.29, 0.717) is 17.5 Å². The minimum Gasteiger partial charge on any atom is -0.439 e. The summed E-state index contributed by atoms with van der Waals surface area (Å²) < 4.78 is 5.89. The van der Waals surface area contributed by atoms with Crippen LogP contribution < -0.4 is 10.5 Å². The van der Waals surface area contributed by atoms with Crippen molar-refractivity contribution in [2.45, 2.75) is 45.4 Å². The molecule has 1 aliphatic rings. The Kier molecular flexibility index (Phi) is 3.32. The van der Waals surface area contributed by atoms with E-state index in [1.165, 1.54) is 24.0 Å². The average molecular weight is 283 g/mol. The van der Waals surface area contributed by atoms with E-state index in [2.05, 4.69) is 42.9 Å². The molecule has 0 unspecified atom stereocenters. The van der Waals surface area contributed by atoms with Crippen LogP contribution in [0.25, 0.3) is 0 Å². The van der Waals surface area contributed by atoms with Crippen molar-refractivity contribution < 1.29 is 4.74 Å². The van der Waals surface area contributed by atoms with Gasteiger partial charge >= 0.3 is 0 Å². The number of fused-ring (bicyclic) bond motifs is 1. The van der Waals surface area contributed by atoms with E-state index in [1.54, 1.807) is 6.07 Å². The molecule has 2 aromatic rings. The number of aryl methyl sites for hydroxylation is 2. The van der Waals surface area contributed by atoms with Crippen molar-refractivity contribution in [1.82, 2.24) is 9.97 Å². The van der Waals surface area contributed by atoms with Crippen molar-refractivity contribution in [3.8, 4) is 11.6 Å². The fourth-order valence-corrected chi connectivity index (χ4v) is 2.56. The molecule has 1 aromatic heterocycles. The van der Waals surface area contributed by atoms with Crippen LogP contribution in [0.15, 0.2) is 24.3 Å². The third-order valence-corrected chi connectivity index (χ3v) is 3.69. The number of aromatic nitrogens is 2. The van der Waals surface area contributed by atoms with Gasteiger partial charge in [0.1, 0.15) is 17.4 Å². The molecule has 110 valence electrons. The Labute approximate surface area is 125 Å². The minimum absolute atomic E-state index is 0.161. The summed E-state index contributed by atoms with van der Waals surface area (Å²) in [7, 11) is 0. The van der Waals surface area contributed by atoms with Gasteiger partial charge in [0, 0.05) is 11.5 Å². The van der Waals surface area contributed by atoms with E-state index >= 15 is 0 Å². The molecule has 3 rings (SSSR count). The van der Waals surface area contributed by atoms with Crippen molar-refractivity contribution in [3.05, 3.63) is 41.2 Å². The van der Waals surface area contributed by atoms with Crippen molar-refractivity contribution in [2.75, 3.05) is 5.73 Å². The lowest BCUT2D eigenvalue weighted by Gasteiger charge is -2.17. The zero-order valence-electron chi connectivity index (χ0n) is 12.8. The summed E-state index contributed by atoms with van der Waals surface area (Å²) in [5.74, 6) is 2.45. The first-order chi connectivity index (χ1) is 9.91. The van der Waals surface area contributed by atoms with Gasteiger partial charge in [0.25, 0.3) is 0 Å². The fraction of sp³-hybridized carbons (Fsp3) is 0.412. The van der Waals surface area contributed by atoms with Gasteiger partial charge in [0.15, 0.2) is 0 Å². The number of nitrogens with zero attached hydrogens (tertiary/aromatic N) is 2. The Bertz CT molecular complexity index is 674. The highest BCUT2D eigenvalue weighted by Crippen LogP contribution is 2.29. The molecule has 0 radical (unpaired) electrons. The van der Waals surface area contributed by atoms with E-state index in [9.17, 15) is 0 Å². The molecule has 1 aromatic carbocycles. The first kappa shape index (κ1) is 13.9. The second-order valence-corrected chi connectivity index (χ2v) is 6.59. The molecule has 1 heterocycles. The molecule has 21 heavy (non-hydrogen) atoms. The normalized spacial score (nSPS) is 14.0. The highest BCUT2D eigenvalue weighted by molar-refractivity contribution is 5.41. The molecule has 0 aliphatic heterocycles. The summed E-state index contributed by atoms with van der Waals surface area (Å²) in [6, 6.07) is 7.92. The van der Waals surface area contributed by atoms with Crippen LogP contribution in [0.1, 0.15) is 44.1 Å². The van der Waals surface area contributed by atoms with Gasteiger partial charge in [-0.15, -0.1) is 0 Å². The van der Waals surface area contributed by atoms with Gasteiger partial charge in [-0.25, -0.2) is 4.98 Å². The summed E-state index contributed by atoms with van der Waals surface area (Å²) in [5.41, 5.74) is 8.52. The van der Waals surface area contributed by atoms with Gasteiger partial charge < -0.3 is 10.5 Å². The molecule has 2 N–H and O–H groups in total. The summed E-state index contributed by atoms with van der Waals surface area (Å²) in [6.07, 6.45) is 3.53. The molecular formula is C17H21N3O. The predicted molar refractivity (Wildman–Crippen MR) is 83.7 cm³/mol. The van der Waals surface area contributed by atoms with Crippen LogP contribution in [0.2, 0.25) is 0 Å². The van der Waals surface area contributed by atoms with E-state index in [1.807, 2.05) is 6.07 Å². The first-order valence-corrected chi connectivity index (χ1v) is 7.36. The van der Waals surface area contributed by atoms with Gasteiger partial charge in [-0.1, -0.05) is 26.8 Å². The number of benzene rings is 1. The maximum absolute atomic E-state index is 5.89. The van der Waals surface area contributed by atoms with Crippen LogP contribution in [-0.4, -0.2) is 9.97 Å². The lowest BCUT2D eigenvalue weighted by molar-refractivity contribution is 0.446. The predicted octanol–water partition coefficient (Wildman–Crippen LogP) is 3.64. The molecule has 4 heteroatoms. The van der Waals surface area contributed by atoms with E-state index in [0.717, 1.165) is 12.2 Å². The highest BCUT2D eigenvalue weighted by atomic mass is 16.5. The molecule has 4 nitrogen and oxygen atoms in total. The summed E-state index contributed by atoms with van der Waals surface area (Å²) in [5, 5.41) is 0. The van der Waals surface area contributed by atoms with Gasteiger partial charge in [-0.05, 0) is 42.5 Å². The monoisotopic (exact) mass is 283 g/mol. The summed E-state index contributed by atoms with van der Waals surface area (Å²) in [4.78, 5) is 8.77. The average Bonchev–Trinajstić information content (AvgIpc) is 2.84. The third-order valence-electron chi connectivity index (χ3n) is 3.69. The van der Waals surface area contributed by atoms with Crippen LogP contribution in [0.3, 0.4) is 0 Å². The van der Waals surface area contributed by atoms with E-state index in [-0.39, 0.29) is 5.41 Å². The van der Waals surface area contributed by atoms with Crippen LogP contribution in [0.5, 0.6) is 11.6 Å². The van der Waals surface area contributed by atoms with Gasteiger partial charge in [0.05, 0.1) is 0 Å². The smallest absolute Gasteiger partial charge is 0.224 e. The van der Waals surface area contributed by atoms with E-state index in [4.69, 9.17) is 10.5 Å². The van der Waals surface area contributed by atoms with Crippen LogP contribution in [-0.2, 0) is 18.3 Å². The zero-order chi connectivity index (χ0) is 15.0. The number of rotatable bonds is 2. The maximum Gasteiger partial charge on any atom is 0.224 e. The van der Waals surface area contributed by atoms with Crippen molar-refractivity contribution in [3.63, 3.8) is 0 Å². The number of anilines is 1. The van der Waals surface area contributed by atoms with Crippen LogP contribution in [0, 0.1) is 0 Å². The molecule has 0 saturated heterocycles. The number of nitrogen functional groups attached to an aromatic ring is 1. The standard InChI is InChI=1S/C17H21N3O/c1-17(2,3)16-19-14(18)10-15(20-16)21-13-8-7-11-5-4-6-12(11)9-13/h7-10H,4-6H2,1-3H3,(H2,18,19,20). The van der Waals surface area contributed by atoms with Crippen LogP contribution in [0.4, 0.5) is 5.82 Å². The number of nitrogens with two attached hydrogens (primary N) is 1. The molecule has 0 saturated carbocycles. The van der Waals surface area contributed by atoms with Gasteiger partial charge in [-0.3, -0.25) is 0 Å². The molecule has 0 fully saturated rings. The summed E-state index contributed by atoms with van der Waals surface area (Å²) >= 11 is 0. The third kappa shape index (κ3) is 2.99. The van der Waals surface area contributed by atoms with E-state index < -0.39 is 0 Å². The Morgan fingerprint density at radius 1 is 1.05 bits per heavy atom. The van der Waals surface area contributed by atoms with Gasteiger partial charge in [0.2, 0.25) is 5.88 Å². The Morgan fingerprint density at radius 2 is 1.81 bits per heavy atom. The first-order valence-electron chi connectivity index (χ1n) is 7.36. The molecule has 0 atom stereocenters. The lowest BCUT2D eigenvalue weighted by atomic mass is 9.96. The quantitative estimate of drug-likeness (QED) is 0.914. The number of hydrogen-bond donors (Lipinski definition) is 1. The maximum atomic E-state index is 5.89. The zero-order valence-corrected chi connectivity index (χ0v) is 12.8. The number of hydrogen-bond acceptors (Lipinski definition) is 4. The molecule has 0 amide bonds. The molecule has 0 spiro atoms. The Hall–Kier alpha value is -2.10. The SMILES string of the molecule is CC(C)(C)c1nc(N)cc(Oc2ccc3c(c2)CCC3)n1. The highest BCUT2D eigenvalue weighted by Gasteiger charge is 2.19. The van der Waals surface area contributed by atoms with Gasteiger partial charge in [-0.2, -0.15) is 4.98 Å². The molecule has 1 aliphatic carbocycles. The Balaban J connectivity index is 1.89.